The summed E-state index contributed by atoms with van der Waals surface area (Å²) in [5.41, 5.74) is 6.82. The van der Waals surface area contributed by atoms with Crippen LogP contribution in [0.5, 0.6) is 0 Å². The first-order chi connectivity index (χ1) is 10.4. The SMILES string of the molecule is CN(C)S(=O)(=O)c1ccc(CN2CCCC(CCN)C2)cc1.Cl. The average Bonchev–Trinajstić information content (AvgIpc) is 2.48. The first-order valence-electron chi connectivity index (χ1n) is 7.87. The molecule has 1 aliphatic rings. The van der Waals surface area contributed by atoms with Gasteiger partial charge in [0.25, 0.3) is 0 Å². The van der Waals surface area contributed by atoms with Crippen LogP contribution in [-0.4, -0.2) is 51.4 Å². The van der Waals surface area contributed by atoms with Crippen molar-refractivity contribution in [3.8, 4) is 0 Å². The predicted molar refractivity (Wildman–Crippen MR) is 96.2 cm³/mol. The van der Waals surface area contributed by atoms with Gasteiger partial charge in [0, 0.05) is 27.2 Å². The Labute approximate surface area is 146 Å². The molecule has 2 rings (SSSR count). The fourth-order valence-corrected chi connectivity index (χ4v) is 3.90. The molecule has 0 saturated carbocycles. The summed E-state index contributed by atoms with van der Waals surface area (Å²) in [4.78, 5) is 2.79. The Morgan fingerprint density at radius 2 is 1.91 bits per heavy atom. The van der Waals surface area contributed by atoms with Gasteiger partial charge in [0.05, 0.1) is 4.90 Å². The molecule has 1 fully saturated rings. The van der Waals surface area contributed by atoms with Crippen molar-refractivity contribution in [3.05, 3.63) is 29.8 Å². The summed E-state index contributed by atoms with van der Waals surface area (Å²) in [5.74, 6) is 0.701. The highest BCUT2D eigenvalue weighted by Gasteiger charge is 2.20. The van der Waals surface area contributed by atoms with Crippen molar-refractivity contribution in [2.45, 2.75) is 30.7 Å². The second kappa shape index (κ2) is 8.99. The third-order valence-corrected chi connectivity index (χ3v) is 6.12. The normalized spacial score (nSPS) is 19.6. The molecule has 1 aliphatic heterocycles. The van der Waals surface area contributed by atoms with Gasteiger partial charge < -0.3 is 5.73 Å². The van der Waals surface area contributed by atoms with Gasteiger partial charge in [0.2, 0.25) is 10.0 Å². The fourth-order valence-electron chi connectivity index (χ4n) is 3.00. The van der Waals surface area contributed by atoms with Gasteiger partial charge in [-0.3, -0.25) is 4.90 Å². The number of likely N-dealkylation sites (tertiary alicyclic amines) is 1. The van der Waals surface area contributed by atoms with Crippen LogP contribution in [0.3, 0.4) is 0 Å². The second-order valence-electron chi connectivity index (χ2n) is 6.25. The van der Waals surface area contributed by atoms with Crippen molar-refractivity contribution in [2.75, 3.05) is 33.7 Å². The van der Waals surface area contributed by atoms with Crippen LogP contribution in [0.25, 0.3) is 0 Å². The van der Waals surface area contributed by atoms with E-state index in [-0.39, 0.29) is 12.4 Å². The molecular formula is C16H28ClN3O2S. The predicted octanol–water partition coefficient (Wildman–Crippen LogP) is 1.92. The van der Waals surface area contributed by atoms with Gasteiger partial charge in [-0.1, -0.05) is 12.1 Å². The van der Waals surface area contributed by atoms with Crippen molar-refractivity contribution < 1.29 is 8.42 Å². The van der Waals surface area contributed by atoms with E-state index in [4.69, 9.17) is 5.73 Å². The Morgan fingerprint density at radius 1 is 1.26 bits per heavy atom. The maximum absolute atomic E-state index is 12.1. The van der Waals surface area contributed by atoms with E-state index in [1.165, 1.54) is 17.1 Å². The molecule has 23 heavy (non-hydrogen) atoms. The molecule has 2 N–H and O–H groups in total. The second-order valence-corrected chi connectivity index (χ2v) is 8.40. The largest absolute Gasteiger partial charge is 0.330 e. The minimum Gasteiger partial charge on any atom is -0.330 e. The van der Waals surface area contributed by atoms with Crippen LogP contribution in [-0.2, 0) is 16.6 Å². The van der Waals surface area contributed by atoms with Crippen molar-refractivity contribution >= 4 is 22.4 Å². The van der Waals surface area contributed by atoms with E-state index in [1.807, 2.05) is 12.1 Å². The summed E-state index contributed by atoms with van der Waals surface area (Å²) in [6.07, 6.45) is 3.59. The molecule has 0 aliphatic carbocycles. The van der Waals surface area contributed by atoms with E-state index in [2.05, 4.69) is 4.90 Å². The summed E-state index contributed by atoms with van der Waals surface area (Å²) in [5, 5.41) is 0. The first-order valence-corrected chi connectivity index (χ1v) is 9.31. The Morgan fingerprint density at radius 3 is 2.48 bits per heavy atom. The standard InChI is InChI=1S/C16H27N3O2S.ClH/c1-18(2)22(20,21)16-7-5-15(6-8-16)13-19-11-3-4-14(12-19)9-10-17;/h5-8,14H,3-4,9-13,17H2,1-2H3;1H. The van der Waals surface area contributed by atoms with Gasteiger partial charge in [0.1, 0.15) is 0 Å². The lowest BCUT2D eigenvalue weighted by molar-refractivity contribution is 0.163. The van der Waals surface area contributed by atoms with E-state index in [9.17, 15) is 8.42 Å². The van der Waals surface area contributed by atoms with Crippen molar-refractivity contribution in [1.82, 2.24) is 9.21 Å². The van der Waals surface area contributed by atoms with Crippen LogP contribution in [0.1, 0.15) is 24.8 Å². The quantitative estimate of drug-likeness (QED) is 0.840. The molecule has 1 aromatic carbocycles. The molecule has 1 aromatic rings. The van der Waals surface area contributed by atoms with Gasteiger partial charge >= 0.3 is 0 Å². The lowest BCUT2D eigenvalue weighted by Crippen LogP contribution is -2.35. The number of hydrogen-bond donors (Lipinski definition) is 1. The van der Waals surface area contributed by atoms with Crippen molar-refractivity contribution in [1.29, 1.82) is 0 Å². The molecule has 1 heterocycles. The van der Waals surface area contributed by atoms with E-state index in [0.717, 1.165) is 38.2 Å². The topological polar surface area (TPSA) is 66.6 Å². The summed E-state index contributed by atoms with van der Waals surface area (Å²) < 4.78 is 25.3. The summed E-state index contributed by atoms with van der Waals surface area (Å²) in [6.45, 7) is 3.84. The Balaban J connectivity index is 0.00000264. The smallest absolute Gasteiger partial charge is 0.242 e. The maximum atomic E-state index is 12.1. The van der Waals surface area contributed by atoms with Crippen molar-refractivity contribution in [2.24, 2.45) is 11.7 Å². The van der Waals surface area contributed by atoms with Gasteiger partial charge in [-0.15, -0.1) is 12.4 Å². The van der Waals surface area contributed by atoms with E-state index >= 15 is 0 Å². The fraction of sp³-hybridized carbons (Fsp3) is 0.625. The molecule has 132 valence electrons. The van der Waals surface area contributed by atoms with E-state index in [1.54, 1.807) is 26.2 Å². The van der Waals surface area contributed by atoms with Crippen LogP contribution >= 0.6 is 12.4 Å². The minimum atomic E-state index is -3.34. The molecule has 1 saturated heterocycles. The molecule has 0 radical (unpaired) electrons. The Bertz CT molecular complexity index is 573. The molecular weight excluding hydrogens is 334 g/mol. The lowest BCUT2D eigenvalue weighted by Gasteiger charge is -2.32. The molecule has 0 amide bonds. The third kappa shape index (κ3) is 5.43. The highest BCUT2D eigenvalue weighted by atomic mass is 35.5. The van der Waals surface area contributed by atoms with Crippen LogP contribution in [0.15, 0.2) is 29.2 Å². The highest BCUT2D eigenvalue weighted by Crippen LogP contribution is 2.21. The molecule has 1 unspecified atom stereocenters. The summed E-state index contributed by atoms with van der Waals surface area (Å²) >= 11 is 0. The summed E-state index contributed by atoms with van der Waals surface area (Å²) in [7, 11) is -0.237. The number of hydrogen-bond acceptors (Lipinski definition) is 4. The van der Waals surface area contributed by atoms with Crippen LogP contribution in [0.4, 0.5) is 0 Å². The van der Waals surface area contributed by atoms with Gasteiger partial charge in [-0.2, -0.15) is 0 Å². The number of nitrogens with two attached hydrogens (primary N) is 1. The zero-order chi connectivity index (χ0) is 16.2. The van der Waals surface area contributed by atoms with Gasteiger partial charge in [0.15, 0.2) is 0 Å². The number of piperidine rings is 1. The Hall–Kier alpha value is -0.660. The Kier molecular flexibility index (Phi) is 7.97. The van der Waals surface area contributed by atoms with E-state index < -0.39 is 10.0 Å². The zero-order valence-corrected chi connectivity index (χ0v) is 15.6. The lowest BCUT2D eigenvalue weighted by atomic mass is 9.94. The minimum absolute atomic E-state index is 0. The van der Waals surface area contributed by atoms with Gasteiger partial charge in [-0.05, 0) is 56.0 Å². The average molecular weight is 362 g/mol. The van der Waals surface area contributed by atoms with E-state index in [0.29, 0.717) is 10.8 Å². The number of nitrogens with zero attached hydrogens (tertiary/aromatic N) is 2. The number of sulfonamides is 1. The maximum Gasteiger partial charge on any atom is 0.242 e. The first kappa shape index (κ1) is 20.4. The molecule has 0 spiro atoms. The highest BCUT2D eigenvalue weighted by molar-refractivity contribution is 7.89. The molecule has 0 bridgehead atoms. The van der Waals surface area contributed by atoms with Crippen LogP contribution < -0.4 is 5.73 Å². The molecule has 0 aromatic heterocycles. The van der Waals surface area contributed by atoms with Crippen LogP contribution in [0, 0.1) is 5.92 Å². The number of rotatable bonds is 6. The zero-order valence-electron chi connectivity index (χ0n) is 13.9. The monoisotopic (exact) mass is 361 g/mol. The van der Waals surface area contributed by atoms with Crippen LogP contribution in [0.2, 0.25) is 0 Å². The van der Waals surface area contributed by atoms with Gasteiger partial charge in [-0.25, -0.2) is 12.7 Å². The third-order valence-electron chi connectivity index (χ3n) is 4.29. The van der Waals surface area contributed by atoms with Crippen molar-refractivity contribution in [3.63, 3.8) is 0 Å². The number of benzene rings is 1. The summed E-state index contributed by atoms with van der Waals surface area (Å²) in [6, 6.07) is 7.24. The molecule has 1 atom stereocenters. The molecule has 5 nitrogen and oxygen atoms in total. The number of halogens is 1. The molecule has 7 heteroatoms.